The molecule has 2 rings (SSSR count). The topological polar surface area (TPSA) is 29.5 Å². The van der Waals surface area contributed by atoms with Crippen molar-refractivity contribution in [1.82, 2.24) is 0 Å². The summed E-state index contributed by atoms with van der Waals surface area (Å²) in [6, 6.07) is 7.62. The van der Waals surface area contributed by atoms with Gasteiger partial charge in [0.2, 0.25) is 0 Å². The summed E-state index contributed by atoms with van der Waals surface area (Å²) >= 11 is 8.45. The molecular weight excluding hydrogens is 392 g/mol. The molecule has 0 saturated heterocycles. The van der Waals surface area contributed by atoms with Crippen molar-refractivity contribution in [3.8, 4) is 5.75 Å². The van der Waals surface area contributed by atoms with E-state index in [1.165, 1.54) is 0 Å². The van der Waals surface area contributed by atoms with Crippen molar-refractivity contribution in [2.24, 2.45) is 0 Å². The van der Waals surface area contributed by atoms with Gasteiger partial charge in [0.05, 0.1) is 14.9 Å². The fourth-order valence-corrected chi connectivity index (χ4v) is 3.38. The van der Waals surface area contributed by atoms with Crippen LogP contribution in [0.4, 0.5) is 0 Å². The Labute approximate surface area is 133 Å². The van der Waals surface area contributed by atoms with Crippen molar-refractivity contribution in [3.05, 3.63) is 49.0 Å². The number of rotatable bonds is 5. The van der Waals surface area contributed by atoms with E-state index in [0.29, 0.717) is 6.61 Å². The van der Waals surface area contributed by atoms with Gasteiger partial charge in [-0.25, -0.2) is 0 Å². The first-order chi connectivity index (χ1) is 9.11. The summed E-state index contributed by atoms with van der Waals surface area (Å²) in [5.74, 6) is 0.810. The van der Waals surface area contributed by atoms with Crippen LogP contribution in [-0.4, -0.2) is 11.7 Å². The summed E-state index contributed by atoms with van der Waals surface area (Å²) in [4.78, 5) is 0. The number of hydrogen-bond donors (Lipinski definition) is 1. The second-order valence-corrected chi connectivity index (χ2v) is 7.27. The SMILES string of the molecule is CCCOc1ccc(C(O)c2csc(Br)c2)cc1Br. The Morgan fingerprint density at radius 2 is 2.05 bits per heavy atom. The maximum atomic E-state index is 10.3. The highest BCUT2D eigenvalue weighted by molar-refractivity contribution is 9.11. The van der Waals surface area contributed by atoms with Gasteiger partial charge >= 0.3 is 0 Å². The molecule has 5 heteroatoms. The summed E-state index contributed by atoms with van der Waals surface area (Å²) < 4.78 is 7.48. The molecule has 2 aromatic rings. The smallest absolute Gasteiger partial charge is 0.133 e. The molecule has 1 atom stereocenters. The molecule has 0 spiro atoms. The lowest BCUT2D eigenvalue weighted by Crippen LogP contribution is -2.00. The minimum Gasteiger partial charge on any atom is -0.492 e. The Morgan fingerprint density at radius 3 is 2.63 bits per heavy atom. The van der Waals surface area contributed by atoms with Crippen molar-refractivity contribution in [3.63, 3.8) is 0 Å². The first-order valence-corrected chi connectivity index (χ1v) is 8.42. The van der Waals surface area contributed by atoms with Gasteiger partial charge in [-0.2, -0.15) is 0 Å². The van der Waals surface area contributed by atoms with Crippen molar-refractivity contribution >= 4 is 43.2 Å². The van der Waals surface area contributed by atoms with E-state index >= 15 is 0 Å². The molecule has 1 aromatic carbocycles. The molecule has 2 nitrogen and oxygen atoms in total. The van der Waals surface area contributed by atoms with Gasteiger partial charge in [0, 0.05) is 0 Å². The predicted molar refractivity (Wildman–Crippen MR) is 86.0 cm³/mol. The molecule has 0 radical (unpaired) electrons. The average molecular weight is 406 g/mol. The number of halogens is 2. The lowest BCUT2D eigenvalue weighted by atomic mass is 10.0. The van der Waals surface area contributed by atoms with Crippen LogP contribution in [0.25, 0.3) is 0 Å². The fraction of sp³-hybridized carbons (Fsp3) is 0.286. The molecular formula is C14H14Br2O2S. The van der Waals surface area contributed by atoms with E-state index in [4.69, 9.17) is 4.74 Å². The van der Waals surface area contributed by atoms with Gasteiger partial charge in [-0.1, -0.05) is 13.0 Å². The lowest BCUT2D eigenvalue weighted by molar-refractivity contribution is 0.220. The highest BCUT2D eigenvalue weighted by atomic mass is 79.9. The third kappa shape index (κ3) is 3.81. The lowest BCUT2D eigenvalue weighted by Gasteiger charge is -2.12. The molecule has 19 heavy (non-hydrogen) atoms. The highest BCUT2D eigenvalue weighted by Gasteiger charge is 2.14. The minimum atomic E-state index is -0.612. The summed E-state index contributed by atoms with van der Waals surface area (Å²) in [6.45, 7) is 2.76. The molecule has 0 aliphatic rings. The highest BCUT2D eigenvalue weighted by Crippen LogP contribution is 2.33. The van der Waals surface area contributed by atoms with Gasteiger partial charge in [0.25, 0.3) is 0 Å². The van der Waals surface area contributed by atoms with Crippen LogP contribution in [0.15, 0.2) is 37.9 Å². The van der Waals surface area contributed by atoms with E-state index in [2.05, 4.69) is 38.8 Å². The summed E-state index contributed by atoms with van der Waals surface area (Å²) in [7, 11) is 0. The molecule has 1 N–H and O–H groups in total. The number of aliphatic hydroxyl groups excluding tert-OH is 1. The van der Waals surface area contributed by atoms with Crippen molar-refractivity contribution in [2.45, 2.75) is 19.4 Å². The molecule has 0 amide bonds. The van der Waals surface area contributed by atoms with Crippen LogP contribution < -0.4 is 4.74 Å². The van der Waals surface area contributed by atoms with Gasteiger partial charge in [-0.3, -0.25) is 0 Å². The number of aliphatic hydroxyl groups is 1. The van der Waals surface area contributed by atoms with Crippen LogP contribution in [0.2, 0.25) is 0 Å². The first kappa shape index (κ1) is 15.0. The van der Waals surface area contributed by atoms with Crippen molar-refractivity contribution < 1.29 is 9.84 Å². The molecule has 0 aliphatic carbocycles. The standard InChI is InChI=1S/C14H14Br2O2S/c1-2-5-18-12-4-3-9(6-11(12)15)14(17)10-7-13(16)19-8-10/h3-4,6-8,14,17H,2,5H2,1H3. The quantitative estimate of drug-likeness (QED) is 0.745. The van der Waals surface area contributed by atoms with Gasteiger partial charge in [0.1, 0.15) is 11.9 Å². The van der Waals surface area contributed by atoms with E-state index in [1.807, 2.05) is 29.6 Å². The Kier molecular flexibility index (Phi) is 5.45. The van der Waals surface area contributed by atoms with Gasteiger partial charge in [-0.15, -0.1) is 11.3 Å². The largest absolute Gasteiger partial charge is 0.492 e. The Hall–Kier alpha value is -0.360. The van der Waals surface area contributed by atoms with E-state index in [9.17, 15) is 5.11 Å². The number of benzene rings is 1. The maximum Gasteiger partial charge on any atom is 0.133 e. The molecule has 0 bridgehead atoms. The Morgan fingerprint density at radius 1 is 1.26 bits per heavy atom. The van der Waals surface area contributed by atoms with Crippen LogP contribution in [0.5, 0.6) is 5.75 Å². The number of thiophene rings is 1. The number of ether oxygens (including phenoxy) is 1. The average Bonchev–Trinajstić information content (AvgIpc) is 2.83. The van der Waals surface area contributed by atoms with Gasteiger partial charge < -0.3 is 9.84 Å². The van der Waals surface area contributed by atoms with E-state index in [1.54, 1.807) is 11.3 Å². The summed E-state index contributed by atoms with van der Waals surface area (Å²) in [5, 5.41) is 12.3. The van der Waals surface area contributed by atoms with Gasteiger partial charge in [-0.05, 0) is 73.0 Å². The zero-order chi connectivity index (χ0) is 13.8. The summed E-state index contributed by atoms with van der Waals surface area (Å²) in [6.07, 6.45) is 0.360. The molecule has 0 saturated carbocycles. The van der Waals surface area contributed by atoms with Crippen LogP contribution >= 0.6 is 43.2 Å². The Balaban J connectivity index is 2.19. The van der Waals surface area contributed by atoms with E-state index in [-0.39, 0.29) is 0 Å². The monoisotopic (exact) mass is 404 g/mol. The van der Waals surface area contributed by atoms with Crippen molar-refractivity contribution in [1.29, 1.82) is 0 Å². The molecule has 0 aliphatic heterocycles. The fourth-order valence-electron chi connectivity index (χ4n) is 1.68. The first-order valence-electron chi connectivity index (χ1n) is 5.96. The third-order valence-electron chi connectivity index (χ3n) is 2.64. The second-order valence-electron chi connectivity index (χ2n) is 4.13. The Bertz CT molecular complexity index is 554. The van der Waals surface area contributed by atoms with Crippen molar-refractivity contribution in [2.75, 3.05) is 6.61 Å². The second kappa shape index (κ2) is 6.88. The van der Waals surface area contributed by atoms with Crippen LogP contribution in [0.3, 0.4) is 0 Å². The molecule has 1 unspecified atom stereocenters. The molecule has 1 heterocycles. The maximum absolute atomic E-state index is 10.3. The van der Waals surface area contributed by atoms with Gasteiger partial charge in [0.15, 0.2) is 0 Å². The third-order valence-corrected chi connectivity index (χ3v) is 4.78. The van der Waals surface area contributed by atoms with Crippen LogP contribution in [0, 0.1) is 0 Å². The normalized spacial score (nSPS) is 12.4. The minimum absolute atomic E-state index is 0.612. The summed E-state index contributed by atoms with van der Waals surface area (Å²) in [5.41, 5.74) is 1.74. The molecule has 102 valence electrons. The van der Waals surface area contributed by atoms with E-state index in [0.717, 1.165) is 31.6 Å². The molecule has 1 aromatic heterocycles. The zero-order valence-electron chi connectivity index (χ0n) is 10.4. The van der Waals surface area contributed by atoms with E-state index < -0.39 is 6.10 Å². The zero-order valence-corrected chi connectivity index (χ0v) is 14.4. The predicted octanol–water partition coefficient (Wildman–Crippen LogP) is 5.14. The van der Waals surface area contributed by atoms with Crippen LogP contribution in [0.1, 0.15) is 30.6 Å². The molecule has 0 fully saturated rings. The van der Waals surface area contributed by atoms with Crippen LogP contribution in [-0.2, 0) is 0 Å². The number of hydrogen-bond acceptors (Lipinski definition) is 3.